The molecule has 1 N–H and O–H groups in total. The van der Waals surface area contributed by atoms with Crippen molar-refractivity contribution in [2.45, 2.75) is 31.9 Å². The van der Waals surface area contributed by atoms with Gasteiger partial charge in [0.25, 0.3) is 0 Å². The van der Waals surface area contributed by atoms with E-state index in [4.69, 9.17) is 0 Å². The summed E-state index contributed by atoms with van der Waals surface area (Å²) in [5, 5.41) is 9.95. The summed E-state index contributed by atoms with van der Waals surface area (Å²) >= 11 is 0. The summed E-state index contributed by atoms with van der Waals surface area (Å²) in [7, 11) is 0. The fraction of sp³-hybridized carbons (Fsp3) is 0.375. The number of β-amino-alcohol motifs (C(OH)–C–C–N with tert-alkyl or cyclic N) is 1. The van der Waals surface area contributed by atoms with Crippen LogP contribution in [0.3, 0.4) is 0 Å². The van der Waals surface area contributed by atoms with Gasteiger partial charge in [0.05, 0.1) is 17.8 Å². The number of aliphatic hydroxyl groups is 1. The van der Waals surface area contributed by atoms with Gasteiger partial charge in [0.1, 0.15) is 18.0 Å². The highest BCUT2D eigenvalue weighted by molar-refractivity contribution is 5.47. The first kappa shape index (κ1) is 15.7. The van der Waals surface area contributed by atoms with E-state index in [1.54, 1.807) is 6.92 Å². The lowest BCUT2D eigenvalue weighted by Gasteiger charge is -2.26. The summed E-state index contributed by atoms with van der Waals surface area (Å²) in [6, 6.07) is 2.44. The number of hydrogen-bond acceptors (Lipinski definition) is 4. The molecular formula is C16H16F3N3O. The van der Waals surface area contributed by atoms with Gasteiger partial charge in [0.15, 0.2) is 11.6 Å². The van der Waals surface area contributed by atoms with E-state index >= 15 is 0 Å². The van der Waals surface area contributed by atoms with Gasteiger partial charge in [-0.05, 0) is 31.0 Å². The average Bonchev–Trinajstić information content (AvgIpc) is 2.91. The van der Waals surface area contributed by atoms with Crippen LogP contribution in [0.4, 0.5) is 19.0 Å². The van der Waals surface area contributed by atoms with Crippen molar-refractivity contribution in [3.63, 3.8) is 0 Å². The molecular weight excluding hydrogens is 307 g/mol. The number of halogens is 3. The van der Waals surface area contributed by atoms with Crippen molar-refractivity contribution in [2.24, 2.45) is 0 Å². The van der Waals surface area contributed by atoms with Gasteiger partial charge in [-0.15, -0.1) is 0 Å². The molecule has 7 heteroatoms. The zero-order valence-electron chi connectivity index (χ0n) is 12.5. The summed E-state index contributed by atoms with van der Waals surface area (Å²) in [5.41, 5.74) is 0.326. The van der Waals surface area contributed by atoms with Crippen molar-refractivity contribution in [3.05, 3.63) is 53.2 Å². The second kappa shape index (κ2) is 6.16. The molecule has 1 saturated heterocycles. The van der Waals surface area contributed by atoms with Crippen LogP contribution in [0, 0.1) is 17.5 Å². The zero-order valence-corrected chi connectivity index (χ0v) is 12.5. The van der Waals surface area contributed by atoms with Crippen molar-refractivity contribution < 1.29 is 18.3 Å². The van der Waals surface area contributed by atoms with E-state index in [1.807, 2.05) is 0 Å². The number of benzene rings is 1. The molecule has 1 aromatic carbocycles. The lowest BCUT2D eigenvalue weighted by molar-refractivity contribution is 0.194. The maximum absolute atomic E-state index is 14.5. The minimum Gasteiger partial charge on any atom is -0.391 e. The minimum atomic E-state index is -0.776. The third-order valence-electron chi connectivity index (χ3n) is 4.05. The number of hydrogen-bond donors (Lipinski definition) is 1. The zero-order chi connectivity index (χ0) is 16.6. The third kappa shape index (κ3) is 2.88. The molecule has 3 rings (SSSR count). The molecule has 0 bridgehead atoms. The molecule has 2 aromatic rings. The molecule has 0 aliphatic carbocycles. The molecule has 4 nitrogen and oxygen atoms in total. The van der Waals surface area contributed by atoms with Gasteiger partial charge in [0, 0.05) is 12.1 Å². The lowest BCUT2D eigenvalue weighted by Crippen LogP contribution is -2.27. The topological polar surface area (TPSA) is 49.2 Å². The Hall–Kier alpha value is -2.15. The first-order valence-electron chi connectivity index (χ1n) is 7.40. The number of aromatic nitrogens is 2. The lowest BCUT2D eigenvalue weighted by atomic mass is 10.0. The van der Waals surface area contributed by atoms with Crippen LogP contribution < -0.4 is 4.90 Å². The molecule has 2 unspecified atom stereocenters. The van der Waals surface area contributed by atoms with E-state index in [2.05, 4.69) is 9.97 Å². The Morgan fingerprint density at radius 3 is 2.78 bits per heavy atom. The van der Waals surface area contributed by atoms with E-state index in [0.29, 0.717) is 6.42 Å². The van der Waals surface area contributed by atoms with Gasteiger partial charge in [-0.1, -0.05) is 6.92 Å². The van der Waals surface area contributed by atoms with Crippen molar-refractivity contribution in [1.82, 2.24) is 9.97 Å². The molecule has 0 amide bonds. The van der Waals surface area contributed by atoms with Crippen molar-refractivity contribution in [3.8, 4) is 0 Å². The summed E-state index contributed by atoms with van der Waals surface area (Å²) in [5.74, 6) is -1.77. The van der Waals surface area contributed by atoms with Crippen molar-refractivity contribution >= 4 is 5.82 Å². The molecule has 122 valence electrons. The predicted molar refractivity (Wildman–Crippen MR) is 78.4 cm³/mol. The fourth-order valence-electron chi connectivity index (χ4n) is 2.96. The summed E-state index contributed by atoms with van der Waals surface area (Å²) in [4.78, 5) is 9.28. The number of rotatable bonds is 3. The number of aliphatic hydroxyl groups excluding tert-OH is 1. The quantitative estimate of drug-likeness (QED) is 0.944. The Morgan fingerprint density at radius 2 is 2.04 bits per heavy atom. The van der Waals surface area contributed by atoms with E-state index < -0.39 is 29.6 Å². The Bertz CT molecular complexity index is 726. The molecule has 1 aliphatic heterocycles. The van der Waals surface area contributed by atoms with Crippen LogP contribution in [-0.4, -0.2) is 27.7 Å². The van der Waals surface area contributed by atoms with E-state index in [9.17, 15) is 18.3 Å². The molecule has 2 atom stereocenters. The molecule has 1 aliphatic rings. The standard InChI is InChI=1S/C16H16F3N3O/c1-2-13-15(19)16(21-8-20-13)22-7-10(23)6-14(22)11-5-9(17)3-4-12(11)18/h3-5,8,10,14,23H,2,6-7H2,1H3. The van der Waals surface area contributed by atoms with Gasteiger partial charge >= 0.3 is 0 Å². The summed E-state index contributed by atoms with van der Waals surface area (Å²) in [6.07, 6.45) is 1.02. The van der Waals surface area contributed by atoms with Crippen LogP contribution in [0.2, 0.25) is 0 Å². The van der Waals surface area contributed by atoms with Gasteiger partial charge in [0.2, 0.25) is 0 Å². The molecule has 0 saturated carbocycles. The van der Waals surface area contributed by atoms with Crippen LogP contribution >= 0.6 is 0 Å². The molecule has 0 radical (unpaired) electrons. The Balaban J connectivity index is 2.05. The first-order chi connectivity index (χ1) is 11.0. The minimum absolute atomic E-state index is 0.00191. The average molecular weight is 323 g/mol. The monoisotopic (exact) mass is 323 g/mol. The first-order valence-corrected chi connectivity index (χ1v) is 7.40. The largest absolute Gasteiger partial charge is 0.391 e. The predicted octanol–water partition coefficient (Wildman–Crippen LogP) is 2.77. The molecule has 2 heterocycles. The number of aryl methyl sites for hydroxylation is 1. The highest BCUT2D eigenvalue weighted by Gasteiger charge is 2.36. The van der Waals surface area contributed by atoms with Crippen molar-refractivity contribution in [2.75, 3.05) is 11.4 Å². The third-order valence-corrected chi connectivity index (χ3v) is 4.05. The van der Waals surface area contributed by atoms with E-state index in [1.165, 1.54) is 11.2 Å². The van der Waals surface area contributed by atoms with E-state index in [0.717, 1.165) is 18.2 Å². The van der Waals surface area contributed by atoms with Crippen LogP contribution in [0.25, 0.3) is 0 Å². The molecule has 1 aromatic heterocycles. The van der Waals surface area contributed by atoms with Crippen LogP contribution in [0.15, 0.2) is 24.5 Å². The number of nitrogens with zero attached hydrogens (tertiary/aromatic N) is 3. The Kier molecular flexibility index (Phi) is 4.21. The van der Waals surface area contributed by atoms with Gasteiger partial charge in [-0.2, -0.15) is 0 Å². The second-order valence-corrected chi connectivity index (χ2v) is 5.54. The normalized spacial score (nSPS) is 21.0. The fourth-order valence-corrected chi connectivity index (χ4v) is 2.96. The SMILES string of the molecule is CCc1ncnc(N2CC(O)CC2c2cc(F)ccc2F)c1F. The molecule has 0 spiro atoms. The maximum atomic E-state index is 14.5. The highest BCUT2D eigenvalue weighted by atomic mass is 19.1. The summed E-state index contributed by atoms with van der Waals surface area (Å²) in [6.45, 7) is 1.86. The van der Waals surface area contributed by atoms with Gasteiger partial charge < -0.3 is 10.0 Å². The smallest absolute Gasteiger partial charge is 0.187 e. The van der Waals surface area contributed by atoms with E-state index in [-0.39, 0.29) is 30.0 Å². The van der Waals surface area contributed by atoms with Crippen molar-refractivity contribution in [1.29, 1.82) is 0 Å². The second-order valence-electron chi connectivity index (χ2n) is 5.54. The van der Waals surface area contributed by atoms with Crippen LogP contribution in [0.1, 0.15) is 30.6 Å². The Morgan fingerprint density at radius 1 is 1.26 bits per heavy atom. The van der Waals surface area contributed by atoms with Crippen LogP contribution in [0.5, 0.6) is 0 Å². The Labute approximate surface area is 131 Å². The molecule has 1 fully saturated rings. The summed E-state index contributed by atoms with van der Waals surface area (Å²) < 4.78 is 42.1. The number of anilines is 1. The van der Waals surface area contributed by atoms with Gasteiger partial charge in [-0.25, -0.2) is 23.1 Å². The molecule has 23 heavy (non-hydrogen) atoms. The highest BCUT2D eigenvalue weighted by Crippen LogP contribution is 2.38. The van der Waals surface area contributed by atoms with Gasteiger partial charge in [-0.3, -0.25) is 0 Å². The maximum Gasteiger partial charge on any atom is 0.187 e. The van der Waals surface area contributed by atoms with Crippen LogP contribution in [-0.2, 0) is 6.42 Å².